The normalized spacial score (nSPS) is 26.7. The highest BCUT2D eigenvalue weighted by atomic mass is 16.5. The number of carbonyl (C=O) groups is 1. The summed E-state index contributed by atoms with van der Waals surface area (Å²) in [5, 5.41) is 15.1. The van der Waals surface area contributed by atoms with E-state index in [2.05, 4.69) is 17.6 Å². The summed E-state index contributed by atoms with van der Waals surface area (Å²) in [4.78, 5) is 11.8. The van der Waals surface area contributed by atoms with Gasteiger partial charge in [-0.25, -0.2) is 0 Å². The Morgan fingerprint density at radius 3 is 2.94 bits per heavy atom. The Morgan fingerprint density at radius 1 is 1.56 bits per heavy atom. The van der Waals surface area contributed by atoms with E-state index in [9.17, 15) is 4.79 Å². The molecule has 1 rings (SSSR count). The lowest BCUT2D eigenvalue weighted by molar-refractivity contribution is -0.125. The van der Waals surface area contributed by atoms with E-state index in [-0.39, 0.29) is 17.9 Å². The Labute approximate surface area is 96.6 Å². The molecule has 16 heavy (non-hydrogen) atoms. The summed E-state index contributed by atoms with van der Waals surface area (Å²) in [6.07, 6.45) is 0.534. The molecule has 3 atom stereocenters. The Hall–Kier alpha value is -0.650. The van der Waals surface area contributed by atoms with Crippen molar-refractivity contribution in [3.63, 3.8) is 0 Å². The molecule has 0 aromatic carbocycles. The maximum Gasteiger partial charge on any atom is 0.227 e. The minimum absolute atomic E-state index is 0.0352. The molecule has 1 heterocycles. The first-order valence-electron chi connectivity index (χ1n) is 5.92. The van der Waals surface area contributed by atoms with Crippen LogP contribution in [0.5, 0.6) is 0 Å². The molecule has 1 amide bonds. The smallest absolute Gasteiger partial charge is 0.227 e. The third-order valence-corrected chi connectivity index (χ3v) is 2.65. The van der Waals surface area contributed by atoms with Crippen LogP contribution in [-0.4, -0.2) is 49.5 Å². The summed E-state index contributed by atoms with van der Waals surface area (Å²) >= 11 is 0. The third-order valence-electron chi connectivity index (χ3n) is 2.65. The molecule has 1 aliphatic heterocycles. The second-order valence-corrected chi connectivity index (χ2v) is 4.30. The SMILES string of the molecule is CCCNC1COCC1C(=O)NC[C@@H](C)O. The van der Waals surface area contributed by atoms with E-state index in [1.807, 2.05) is 0 Å². The van der Waals surface area contributed by atoms with Crippen LogP contribution in [0.4, 0.5) is 0 Å². The first-order chi connectivity index (χ1) is 7.65. The van der Waals surface area contributed by atoms with Crippen LogP contribution in [0.2, 0.25) is 0 Å². The van der Waals surface area contributed by atoms with Crippen LogP contribution >= 0.6 is 0 Å². The van der Waals surface area contributed by atoms with Crippen LogP contribution in [0.25, 0.3) is 0 Å². The van der Waals surface area contributed by atoms with E-state index in [1.54, 1.807) is 6.92 Å². The molecule has 94 valence electrons. The van der Waals surface area contributed by atoms with Gasteiger partial charge >= 0.3 is 0 Å². The van der Waals surface area contributed by atoms with Crippen molar-refractivity contribution in [3.8, 4) is 0 Å². The van der Waals surface area contributed by atoms with Crippen molar-refractivity contribution in [1.29, 1.82) is 0 Å². The van der Waals surface area contributed by atoms with Crippen molar-refractivity contribution in [2.24, 2.45) is 5.92 Å². The lowest BCUT2D eigenvalue weighted by Gasteiger charge is -2.18. The molecular formula is C11H22N2O3. The zero-order valence-corrected chi connectivity index (χ0v) is 10.0. The molecule has 0 aliphatic carbocycles. The Bertz CT molecular complexity index is 221. The summed E-state index contributed by atoms with van der Waals surface area (Å²) in [5.74, 6) is -0.169. The van der Waals surface area contributed by atoms with Gasteiger partial charge in [-0.05, 0) is 19.9 Å². The minimum atomic E-state index is -0.506. The van der Waals surface area contributed by atoms with Crippen molar-refractivity contribution in [1.82, 2.24) is 10.6 Å². The van der Waals surface area contributed by atoms with E-state index in [4.69, 9.17) is 9.84 Å². The standard InChI is InChI=1S/C11H22N2O3/c1-3-4-12-10-7-16-6-9(10)11(15)13-5-8(2)14/h8-10,12,14H,3-7H2,1-2H3,(H,13,15)/t8-,9?,10?/m1/s1. The Balaban J connectivity index is 2.35. The fourth-order valence-corrected chi connectivity index (χ4v) is 1.72. The Kier molecular flexibility index (Phi) is 5.73. The average molecular weight is 230 g/mol. The van der Waals surface area contributed by atoms with Gasteiger partial charge in [-0.3, -0.25) is 4.79 Å². The number of amides is 1. The zero-order valence-electron chi connectivity index (χ0n) is 10.0. The first kappa shape index (κ1) is 13.4. The van der Waals surface area contributed by atoms with Gasteiger partial charge in [0, 0.05) is 12.6 Å². The highest BCUT2D eigenvalue weighted by molar-refractivity contribution is 5.79. The number of hydrogen-bond donors (Lipinski definition) is 3. The summed E-state index contributed by atoms with van der Waals surface area (Å²) in [6.45, 7) is 5.99. The molecule has 1 fully saturated rings. The van der Waals surface area contributed by atoms with Crippen molar-refractivity contribution >= 4 is 5.91 Å². The second kappa shape index (κ2) is 6.83. The van der Waals surface area contributed by atoms with Crippen LogP contribution in [-0.2, 0) is 9.53 Å². The van der Waals surface area contributed by atoms with Crippen molar-refractivity contribution < 1.29 is 14.6 Å². The van der Waals surface area contributed by atoms with Crippen LogP contribution in [0.15, 0.2) is 0 Å². The number of hydrogen-bond acceptors (Lipinski definition) is 4. The number of aliphatic hydroxyl groups excluding tert-OH is 1. The zero-order chi connectivity index (χ0) is 12.0. The van der Waals surface area contributed by atoms with E-state index in [0.717, 1.165) is 13.0 Å². The predicted octanol–water partition coefficient (Wildman–Crippen LogP) is -0.502. The molecule has 5 heteroatoms. The fourth-order valence-electron chi connectivity index (χ4n) is 1.72. The van der Waals surface area contributed by atoms with Crippen molar-refractivity contribution in [2.75, 3.05) is 26.3 Å². The van der Waals surface area contributed by atoms with Gasteiger partial charge in [0.2, 0.25) is 5.91 Å². The molecular weight excluding hydrogens is 208 g/mol. The molecule has 0 spiro atoms. The topological polar surface area (TPSA) is 70.6 Å². The molecule has 0 saturated carbocycles. The summed E-state index contributed by atoms with van der Waals surface area (Å²) in [6, 6.07) is 0.106. The molecule has 0 bridgehead atoms. The number of ether oxygens (including phenoxy) is 1. The largest absolute Gasteiger partial charge is 0.392 e. The monoisotopic (exact) mass is 230 g/mol. The van der Waals surface area contributed by atoms with Gasteiger partial charge in [0.05, 0.1) is 25.2 Å². The molecule has 5 nitrogen and oxygen atoms in total. The quantitative estimate of drug-likeness (QED) is 0.575. The van der Waals surface area contributed by atoms with Gasteiger partial charge in [0.25, 0.3) is 0 Å². The molecule has 1 saturated heterocycles. The number of rotatable bonds is 6. The Morgan fingerprint density at radius 2 is 2.31 bits per heavy atom. The van der Waals surface area contributed by atoms with Crippen LogP contribution in [0.3, 0.4) is 0 Å². The summed E-state index contributed by atoms with van der Waals surface area (Å²) < 4.78 is 5.31. The van der Waals surface area contributed by atoms with Crippen molar-refractivity contribution in [3.05, 3.63) is 0 Å². The van der Waals surface area contributed by atoms with E-state index in [0.29, 0.717) is 19.8 Å². The maximum atomic E-state index is 11.8. The highest BCUT2D eigenvalue weighted by Crippen LogP contribution is 2.13. The van der Waals surface area contributed by atoms with Crippen LogP contribution < -0.4 is 10.6 Å². The number of nitrogens with one attached hydrogen (secondary N) is 2. The molecule has 3 N–H and O–H groups in total. The van der Waals surface area contributed by atoms with Gasteiger partial charge in [-0.2, -0.15) is 0 Å². The summed E-state index contributed by atoms with van der Waals surface area (Å²) in [5.41, 5.74) is 0. The van der Waals surface area contributed by atoms with E-state index >= 15 is 0 Å². The maximum absolute atomic E-state index is 11.8. The predicted molar refractivity (Wildman–Crippen MR) is 61.1 cm³/mol. The molecule has 0 aromatic rings. The van der Waals surface area contributed by atoms with E-state index < -0.39 is 6.10 Å². The average Bonchev–Trinajstić information content (AvgIpc) is 2.71. The second-order valence-electron chi connectivity index (χ2n) is 4.30. The van der Waals surface area contributed by atoms with Gasteiger partial charge in [0.1, 0.15) is 0 Å². The fraction of sp³-hybridized carbons (Fsp3) is 0.909. The van der Waals surface area contributed by atoms with E-state index in [1.165, 1.54) is 0 Å². The molecule has 0 radical (unpaired) electrons. The van der Waals surface area contributed by atoms with Gasteiger partial charge in [0.15, 0.2) is 0 Å². The van der Waals surface area contributed by atoms with Crippen molar-refractivity contribution in [2.45, 2.75) is 32.4 Å². The third kappa shape index (κ3) is 4.08. The van der Waals surface area contributed by atoms with Gasteiger partial charge < -0.3 is 20.5 Å². The van der Waals surface area contributed by atoms with Gasteiger partial charge in [-0.15, -0.1) is 0 Å². The molecule has 1 aliphatic rings. The number of carbonyl (C=O) groups excluding carboxylic acids is 1. The van der Waals surface area contributed by atoms with Crippen LogP contribution in [0, 0.1) is 5.92 Å². The highest BCUT2D eigenvalue weighted by Gasteiger charge is 2.33. The van der Waals surface area contributed by atoms with Gasteiger partial charge in [-0.1, -0.05) is 6.92 Å². The first-order valence-corrected chi connectivity index (χ1v) is 5.92. The lowest BCUT2D eigenvalue weighted by atomic mass is 10.0. The minimum Gasteiger partial charge on any atom is -0.392 e. The molecule has 2 unspecified atom stereocenters. The number of aliphatic hydroxyl groups is 1. The lowest BCUT2D eigenvalue weighted by Crippen LogP contribution is -2.45. The van der Waals surface area contributed by atoms with Crippen LogP contribution in [0.1, 0.15) is 20.3 Å². The summed E-state index contributed by atoms with van der Waals surface area (Å²) in [7, 11) is 0. The molecule has 0 aromatic heterocycles.